The normalized spacial score (nSPS) is 16.2. The van der Waals surface area contributed by atoms with Gasteiger partial charge in [0.1, 0.15) is 0 Å². The Morgan fingerprint density at radius 3 is 2.38 bits per heavy atom. The zero-order valence-electron chi connectivity index (χ0n) is 9.49. The Bertz CT molecular complexity index is 119. The zero-order valence-corrected chi connectivity index (χ0v) is 10.2. The van der Waals surface area contributed by atoms with Gasteiger partial charge in [-0.1, -0.05) is 20.8 Å². The molecular formula is C11H24ClN. The van der Waals surface area contributed by atoms with Gasteiger partial charge in [-0.25, -0.2) is 0 Å². The third-order valence-electron chi connectivity index (χ3n) is 2.59. The topological polar surface area (TPSA) is 12.0 Å². The van der Waals surface area contributed by atoms with E-state index in [1.54, 1.807) is 0 Å². The van der Waals surface area contributed by atoms with Crippen LogP contribution in [0.25, 0.3) is 0 Å². The van der Waals surface area contributed by atoms with Crippen molar-refractivity contribution in [3.8, 4) is 0 Å². The Kier molecular flexibility index (Phi) is 6.79. The van der Waals surface area contributed by atoms with Crippen LogP contribution in [0, 0.1) is 5.92 Å². The highest BCUT2D eigenvalue weighted by molar-refractivity contribution is 6.18. The van der Waals surface area contributed by atoms with Crippen molar-refractivity contribution in [2.75, 3.05) is 12.4 Å². The Morgan fingerprint density at radius 2 is 2.00 bits per heavy atom. The second-order valence-electron chi connectivity index (χ2n) is 4.51. The molecule has 0 aliphatic carbocycles. The summed E-state index contributed by atoms with van der Waals surface area (Å²) in [5, 5.41) is 3.52. The average Bonchev–Trinajstić information content (AvgIpc) is 2.12. The fourth-order valence-electron chi connectivity index (χ4n) is 1.17. The molecule has 0 aliphatic heterocycles. The minimum absolute atomic E-state index is 0.137. The molecule has 0 aliphatic rings. The maximum absolute atomic E-state index is 5.89. The lowest BCUT2D eigenvalue weighted by molar-refractivity contribution is 0.370. The predicted molar refractivity (Wildman–Crippen MR) is 61.5 cm³/mol. The van der Waals surface area contributed by atoms with Crippen LogP contribution in [-0.4, -0.2) is 18.0 Å². The van der Waals surface area contributed by atoms with Crippen LogP contribution in [0.3, 0.4) is 0 Å². The fraction of sp³-hybridized carbons (Fsp3) is 1.00. The monoisotopic (exact) mass is 205 g/mol. The summed E-state index contributed by atoms with van der Waals surface area (Å²) in [4.78, 5) is 0. The SMILES string of the molecule is CCC(C)(CCl)NCCCC(C)C. The average molecular weight is 206 g/mol. The minimum atomic E-state index is 0.137. The Hall–Kier alpha value is 0.250. The minimum Gasteiger partial charge on any atom is -0.310 e. The van der Waals surface area contributed by atoms with Crippen LogP contribution >= 0.6 is 11.6 Å². The predicted octanol–water partition coefficient (Wildman–Crippen LogP) is 3.42. The van der Waals surface area contributed by atoms with Crippen LogP contribution in [-0.2, 0) is 0 Å². The van der Waals surface area contributed by atoms with Gasteiger partial charge in [0.25, 0.3) is 0 Å². The van der Waals surface area contributed by atoms with E-state index in [2.05, 4.69) is 33.0 Å². The van der Waals surface area contributed by atoms with Crippen LogP contribution in [0.2, 0.25) is 0 Å². The van der Waals surface area contributed by atoms with Crippen molar-refractivity contribution in [1.29, 1.82) is 0 Å². The second kappa shape index (κ2) is 6.67. The lowest BCUT2D eigenvalue weighted by Gasteiger charge is -2.27. The van der Waals surface area contributed by atoms with Gasteiger partial charge in [0.15, 0.2) is 0 Å². The Balaban J connectivity index is 3.50. The van der Waals surface area contributed by atoms with E-state index < -0.39 is 0 Å². The first-order valence-corrected chi connectivity index (χ1v) is 5.88. The third-order valence-corrected chi connectivity index (χ3v) is 3.18. The van der Waals surface area contributed by atoms with E-state index in [4.69, 9.17) is 11.6 Å². The summed E-state index contributed by atoms with van der Waals surface area (Å²) in [5.41, 5.74) is 0.137. The van der Waals surface area contributed by atoms with Gasteiger partial charge in [0, 0.05) is 11.4 Å². The molecule has 1 nitrogen and oxygen atoms in total. The molecule has 0 fully saturated rings. The van der Waals surface area contributed by atoms with Crippen molar-refractivity contribution in [2.24, 2.45) is 5.92 Å². The number of hydrogen-bond acceptors (Lipinski definition) is 1. The first kappa shape index (κ1) is 13.2. The summed E-state index contributed by atoms with van der Waals surface area (Å²) < 4.78 is 0. The maximum atomic E-state index is 5.89. The molecule has 0 aromatic heterocycles. The van der Waals surface area contributed by atoms with E-state index in [0.717, 1.165) is 18.9 Å². The van der Waals surface area contributed by atoms with E-state index in [1.165, 1.54) is 12.8 Å². The Labute approximate surface area is 88.2 Å². The molecule has 2 heteroatoms. The number of alkyl halides is 1. The molecule has 0 saturated carbocycles. The Morgan fingerprint density at radius 1 is 1.38 bits per heavy atom. The second-order valence-corrected chi connectivity index (χ2v) is 4.78. The summed E-state index contributed by atoms with van der Waals surface area (Å²) in [6.45, 7) is 9.99. The molecule has 0 spiro atoms. The first-order chi connectivity index (χ1) is 6.04. The molecule has 80 valence electrons. The van der Waals surface area contributed by atoms with Gasteiger partial charge >= 0.3 is 0 Å². The summed E-state index contributed by atoms with van der Waals surface area (Å²) >= 11 is 5.89. The van der Waals surface area contributed by atoms with Gasteiger partial charge in [-0.05, 0) is 38.6 Å². The van der Waals surface area contributed by atoms with E-state index in [0.29, 0.717) is 5.88 Å². The summed E-state index contributed by atoms with van der Waals surface area (Å²) in [6.07, 6.45) is 3.65. The largest absolute Gasteiger partial charge is 0.310 e. The lowest BCUT2D eigenvalue weighted by Crippen LogP contribution is -2.44. The van der Waals surface area contributed by atoms with Gasteiger partial charge in [0.05, 0.1) is 0 Å². The van der Waals surface area contributed by atoms with Crippen molar-refractivity contribution < 1.29 is 0 Å². The number of hydrogen-bond donors (Lipinski definition) is 1. The van der Waals surface area contributed by atoms with Gasteiger partial charge in [0.2, 0.25) is 0 Å². The quantitative estimate of drug-likeness (QED) is 0.496. The molecule has 0 heterocycles. The highest BCUT2D eigenvalue weighted by atomic mass is 35.5. The molecule has 0 radical (unpaired) electrons. The fourth-order valence-corrected chi connectivity index (χ4v) is 1.45. The van der Waals surface area contributed by atoms with Crippen LogP contribution < -0.4 is 5.32 Å². The highest BCUT2D eigenvalue weighted by Gasteiger charge is 2.18. The first-order valence-electron chi connectivity index (χ1n) is 5.35. The molecule has 0 bridgehead atoms. The number of rotatable bonds is 7. The van der Waals surface area contributed by atoms with Gasteiger partial charge in [-0.15, -0.1) is 11.6 Å². The number of halogens is 1. The third kappa shape index (κ3) is 6.34. The summed E-state index contributed by atoms with van der Waals surface area (Å²) in [7, 11) is 0. The molecule has 1 N–H and O–H groups in total. The van der Waals surface area contributed by atoms with E-state index >= 15 is 0 Å². The van der Waals surface area contributed by atoms with Crippen LogP contribution in [0.4, 0.5) is 0 Å². The highest BCUT2D eigenvalue weighted by Crippen LogP contribution is 2.11. The van der Waals surface area contributed by atoms with E-state index in [1.807, 2.05) is 0 Å². The molecule has 0 amide bonds. The van der Waals surface area contributed by atoms with Gasteiger partial charge < -0.3 is 5.32 Å². The standard InChI is InChI=1S/C11H24ClN/c1-5-11(4,9-12)13-8-6-7-10(2)3/h10,13H,5-9H2,1-4H3. The zero-order chi connectivity index (χ0) is 10.3. The molecule has 13 heavy (non-hydrogen) atoms. The maximum Gasteiger partial charge on any atom is 0.0403 e. The van der Waals surface area contributed by atoms with E-state index in [-0.39, 0.29) is 5.54 Å². The molecular weight excluding hydrogens is 182 g/mol. The molecule has 1 atom stereocenters. The summed E-state index contributed by atoms with van der Waals surface area (Å²) in [5.74, 6) is 1.51. The lowest BCUT2D eigenvalue weighted by atomic mass is 10.0. The van der Waals surface area contributed by atoms with E-state index in [9.17, 15) is 0 Å². The van der Waals surface area contributed by atoms with Crippen LogP contribution in [0.15, 0.2) is 0 Å². The van der Waals surface area contributed by atoms with Gasteiger partial charge in [-0.3, -0.25) is 0 Å². The van der Waals surface area contributed by atoms with Gasteiger partial charge in [-0.2, -0.15) is 0 Å². The smallest absolute Gasteiger partial charge is 0.0403 e. The molecule has 0 rings (SSSR count). The van der Waals surface area contributed by atoms with Crippen molar-refractivity contribution in [2.45, 2.75) is 52.5 Å². The van der Waals surface area contributed by atoms with Crippen LogP contribution in [0.5, 0.6) is 0 Å². The molecule has 0 aromatic rings. The summed E-state index contributed by atoms with van der Waals surface area (Å²) in [6, 6.07) is 0. The van der Waals surface area contributed by atoms with Crippen molar-refractivity contribution in [3.05, 3.63) is 0 Å². The van der Waals surface area contributed by atoms with Crippen molar-refractivity contribution in [3.63, 3.8) is 0 Å². The molecule has 1 unspecified atom stereocenters. The molecule has 0 saturated heterocycles. The van der Waals surface area contributed by atoms with Crippen molar-refractivity contribution >= 4 is 11.6 Å². The van der Waals surface area contributed by atoms with Crippen molar-refractivity contribution in [1.82, 2.24) is 5.32 Å². The van der Waals surface area contributed by atoms with Crippen LogP contribution in [0.1, 0.15) is 47.0 Å². The number of nitrogens with one attached hydrogen (secondary N) is 1. The molecule has 0 aromatic carbocycles.